The van der Waals surface area contributed by atoms with E-state index in [0.29, 0.717) is 29.5 Å². The molecule has 0 amide bonds. The molecule has 0 spiro atoms. The summed E-state index contributed by atoms with van der Waals surface area (Å²) < 4.78 is 1.71. The maximum Gasteiger partial charge on any atom is 0.327 e. The molecule has 2 aromatic heterocycles. The van der Waals surface area contributed by atoms with E-state index in [-0.39, 0.29) is 5.69 Å². The molecule has 2 aromatic rings. The van der Waals surface area contributed by atoms with Gasteiger partial charge in [-0.05, 0) is 18.8 Å². The molecule has 1 fully saturated rings. The third kappa shape index (κ3) is 4.56. The van der Waals surface area contributed by atoms with Crippen molar-refractivity contribution in [3.05, 3.63) is 10.5 Å². The van der Waals surface area contributed by atoms with Gasteiger partial charge in [0, 0.05) is 13.1 Å². The van der Waals surface area contributed by atoms with Crippen molar-refractivity contribution in [2.45, 2.75) is 77.7 Å². The van der Waals surface area contributed by atoms with E-state index in [2.05, 4.69) is 27.2 Å². The number of aryl methyl sites for hydroxylation is 1. The van der Waals surface area contributed by atoms with Gasteiger partial charge in [0.05, 0.1) is 0 Å². The van der Waals surface area contributed by atoms with Crippen LogP contribution in [-0.2, 0) is 6.54 Å². The van der Waals surface area contributed by atoms with E-state index in [9.17, 15) is 4.79 Å². The van der Waals surface area contributed by atoms with E-state index in [1.165, 1.54) is 38.5 Å². The molecule has 1 aliphatic carbocycles. The van der Waals surface area contributed by atoms with Gasteiger partial charge in [0.25, 0.3) is 0 Å². The molecule has 26 heavy (non-hydrogen) atoms. The lowest BCUT2D eigenvalue weighted by Gasteiger charge is -2.21. The van der Waals surface area contributed by atoms with Crippen molar-refractivity contribution in [1.29, 1.82) is 0 Å². The van der Waals surface area contributed by atoms with Gasteiger partial charge >= 0.3 is 5.69 Å². The fraction of sp³-hybridized carbons (Fsp3) is 0.737. The molecular weight excluding hydrogens is 328 g/mol. The summed E-state index contributed by atoms with van der Waals surface area (Å²) in [7, 11) is 0. The first-order chi connectivity index (χ1) is 12.7. The topological polar surface area (TPSA) is 102 Å². The molecule has 3 rings (SSSR count). The zero-order chi connectivity index (χ0) is 18.4. The normalized spacial score (nSPS) is 15.6. The van der Waals surface area contributed by atoms with Gasteiger partial charge in [-0.15, -0.1) is 0 Å². The number of nitrogens with one attached hydrogen (secondary N) is 2. The number of fused-ring (bicyclic) bond motifs is 1. The Kier molecular flexibility index (Phi) is 6.52. The summed E-state index contributed by atoms with van der Waals surface area (Å²) in [6, 6.07) is 0. The molecule has 4 N–H and O–H groups in total. The van der Waals surface area contributed by atoms with Crippen molar-refractivity contribution in [2.24, 2.45) is 5.92 Å². The molecule has 0 bridgehead atoms. The average molecular weight is 361 g/mol. The minimum Gasteiger partial charge on any atom is -0.382 e. The standard InChI is InChI=1S/C19H32N6O/c1-2-3-12-21-18-23-16(20)15-17(24-18)25(19(26)22-15)13-8-7-11-14-9-5-4-6-10-14/h14H,2-13H2,1H3,(H,22,26)(H3,20,21,23,24). The second-order valence-corrected chi connectivity index (χ2v) is 7.49. The molecule has 1 aliphatic rings. The van der Waals surface area contributed by atoms with Gasteiger partial charge in [-0.25, -0.2) is 4.79 Å². The fourth-order valence-corrected chi connectivity index (χ4v) is 3.89. The number of rotatable bonds is 9. The fourth-order valence-electron chi connectivity index (χ4n) is 3.89. The Morgan fingerprint density at radius 3 is 2.77 bits per heavy atom. The van der Waals surface area contributed by atoms with Gasteiger partial charge in [-0.3, -0.25) is 4.57 Å². The van der Waals surface area contributed by atoms with Crippen LogP contribution in [0.15, 0.2) is 4.79 Å². The zero-order valence-electron chi connectivity index (χ0n) is 15.9. The van der Waals surface area contributed by atoms with Gasteiger partial charge in [0.15, 0.2) is 11.5 Å². The molecule has 0 aromatic carbocycles. The van der Waals surface area contributed by atoms with E-state index in [1.54, 1.807) is 4.57 Å². The summed E-state index contributed by atoms with van der Waals surface area (Å²) in [6.45, 7) is 3.62. The van der Waals surface area contributed by atoms with Crippen LogP contribution < -0.4 is 16.7 Å². The Morgan fingerprint density at radius 1 is 1.19 bits per heavy atom. The predicted molar refractivity (Wildman–Crippen MR) is 106 cm³/mol. The Hall–Kier alpha value is -2.05. The lowest BCUT2D eigenvalue weighted by molar-refractivity contribution is 0.327. The monoisotopic (exact) mass is 360 g/mol. The van der Waals surface area contributed by atoms with Crippen LogP contribution in [0.5, 0.6) is 0 Å². The first kappa shape index (κ1) is 18.7. The molecular formula is C19H32N6O. The summed E-state index contributed by atoms with van der Waals surface area (Å²) in [5.74, 6) is 1.71. The number of nitrogens with two attached hydrogens (primary N) is 1. The first-order valence-corrected chi connectivity index (χ1v) is 10.2. The highest BCUT2D eigenvalue weighted by Gasteiger charge is 2.15. The molecule has 7 nitrogen and oxygen atoms in total. The van der Waals surface area contributed by atoms with E-state index in [1.807, 2.05) is 0 Å². The van der Waals surface area contributed by atoms with Crippen molar-refractivity contribution < 1.29 is 0 Å². The number of nitrogens with zero attached hydrogens (tertiary/aromatic N) is 3. The maximum absolute atomic E-state index is 12.3. The van der Waals surface area contributed by atoms with E-state index in [0.717, 1.165) is 38.1 Å². The van der Waals surface area contributed by atoms with Crippen LogP contribution in [0.3, 0.4) is 0 Å². The largest absolute Gasteiger partial charge is 0.382 e. The Labute approximate surface area is 154 Å². The maximum atomic E-state index is 12.3. The number of nitrogen functional groups attached to an aromatic ring is 1. The number of hydrogen-bond donors (Lipinski definition) is 3. The van der Waals surface area contributed by atoms with Crippen molar-refractivity contribution in [2.75, 3.05) is 17.6 Å². The van der Waals surface area contributed by atoms with Gasteiger partial charge in [-0.1, -0.05) is 58.3 Å². The van der Waals surface area contributed by atoms with Crippen molar-refractivity contribution in [3.63, 3.8) is 0 Å². The average Bonchev–Trinajstić information content (AvgIpc) is 2.96. The van der Waals surface area contributed by atoms with E-state index >= 15 is 0 Å². The third-order valence-electron chi connectivity index (χ3n) is 5.43. The molecule has 0 atom stereocenters. The third-order valence-corrected chi connectivity index (χ3v) is 5.43. The second kappa shape index (κ2) is 9.05. The van der Waals surface area contributed by atoms with Crippen LogP contribution in [0.25, 0.3) is 11.2 Å². The lowest BCUT2D eigenvalue weighted by atomic mass is 9.86. The molecule has 2 heterocycles. The summed E-state index contributed by atoms with van der Waals surface area (Å²) >= 11 is 0. The first-order valence-electron chi connectivity index (χ1n) is 10.2. The Bertz CT molecular complexity index is 759. The van der Waals surface area contributed by atoms with Gasteiger partial charge in [0.1, 0.15) is 5.52 Å². The smallest absolute Gasteiger partial charge is 0.327 e. The lowest BCUT2D eigenvalue weighted by Crippen LogP contribution is -2.17. The van der Waals surface area contributed by atoms with Crippen LogP contribution in [-0.4, -0.2) is 26.1 Å². The summed E-state index contributed by atoms with van der Waals surface area (Å²) in [5, 5.41) is 3.19. The summed E-state index contributed by atoms with van der Waals surface area (Å²) in [4.78, 5) is 23.9. The summed E-state index contributed by atoms with van der Waals surface area (Å²) in [5.41, 5.74) is 7.03. The van der Waals surface area contributed by atoms with Gasteiger partial charge < -0.3 is 16.0 Å². The molecule has 0 saturated heterocycles. The number of anilines is 2. The van der Waals surface area contributed by atoms with Gasteiger partial charge in [-0.2, -0.15) is 9.97 Å². The molecule has 1 saturated carbocycles. The van der Waals surface area contributed by atoms with Crippen LogP contribution in [0.4, 0.5) is 11.8 Å². The number of imidazole rings is 1. The predicted octanol–water partition coefficient (Wildman–Crippen LogP) is 3.66. The Balaban J connectivity index is 1.64. The van der Waals surface area contributed by atoms with Crippen LogP contribution in [0, 0.1) is 5.92 Å². The van der Waals surface area contributed by atoms with Crippen molar-refractivity contribution in [1.82, 2.24) is 19.5 Å². The molecule has 0 aliphatic heterocycles. The van der Waals surface area contributed by atoms with Crippen LogP contribution in [0.2, 0.25) is 0 Å². The quantitative estimate of drug-likeness (QED) is 0.592. The molecule has 144 valence electrons. The molecule has 0 unspecified atom stereocenters. The SMILES string of the molecule is CCCCNc1nc(N)c2[nH]c(=O)n(CCCCC3CCCCC3)c2n1. The minimum atomic E-state index is -0.149. The van der Waals surface area contributed by atoms with E-state index in [4.69, 9.17) is 5.73 Å². The van der Waals surface area contributed by atoms with Crippen LogP contribution in [0.1, 0.15) is 71.1 Å². The number of aromatic nitrogens is 4. The zero-order valence-corrected chi connectivity index (χ0v) is 15.9. The molecule has 0 radical (unpaired) electrons. The van der Waals surface area contributed by atoms with Crippen molar-refractivity contribution >= 4 is 22.9 Å². The number of aromatic amines is 1. The minimum absolute atomic E-state index is 0.149. The highest BCUT2D eigenvalue weighted by atomic mass is 16.1. The number of H-pyrrole nitrogens is 1. The van der Waals surface area contributed by atoms with Gasteiger partial charge in [0.2, 0.25) is 5.95 Å². The Morgan fingerprint density at radius 2 is 2.00 bits per heavy atom. The van der Waals surface area contributed by atoms with Crippen LogP contribution >= 0.6 is 0 Å². The number of unbranched alkanes of at least 4 members (excludes halogenated alkanes) is 2. The van der Waals surface area contributed by atoms with Crippen molar-refractivity contribution in [3.8, 4) is 0 Å². The number of hydrogen-bond acceptors (Lipinski definition) is 5. The summed E-state index contributed by atoms with van der Waals surface area (Å²) in [6.07, 6.45) is 12.5. The highest BCUT2D eigenvalue weighted by Crippen LogP contribution is 2.27. The highest BCUT2D eigenvalue weighted by molar-refractivity contribution is 5.82. The van der Waals surface area contributed by atoms with E-state index < -0.39 is 0 Å². The molecule has 7 heteroatoms. The second-order valence-electron chi connectivity index (χ2n) is 7.49.